The zero-order valence-corrected chi connectivity index (χ0v) is 18.3. The molecule has 2 aliphatic heterocycles. The minimum atomic E-state index is -0.0678. The quantitative estimate of drug-likeness (QED) is 0.370. The zero-order valence-electron chi connectivity index (χ0n) is 15.9. The molecule has 2 rings (SSSR count). The molecule has 0 spiro atoms. The molecule has 24 heavy (non-hydrogen) atoms. The summed E-state index contributed by atoms with van der Waals surface area (Å²) in [5, 5.41) is 6.91. The second-order valence-corrected chi connectivity index (χ2v) is 7.57. The van der Waals surface area contributed by atoms with E-state index < -0.39 is 0 Å². The minimum absolute atomic E-state index is 0. The van der Waals surface area contributed by atoms with Crippen molar-refractivity contribution in [1.82, 2.24) is 15.5 Å². The Bertz CT molecular complexity index is 383. The van der Waals surface area contributed by atoms with Crippen LogP contribution in [0.2, 0.25) is 0 Å². The van der Waals surface area contributed by atoms with Crippen molar-refractivity contribution in [3.05, 3.63) is 0 Å². The number of hydrogen-bond donors (Lipinski definition) is 2. The van der Waals surface area contributed by atoms with E-state index in [-0.39, 0.29) is 29.6 Å². The topological polar surface area (TPSA) is 48.9 Å². The van der Waals surface area contributed by atoms with E-state index in [4.69, 9.17) is 9.73 Å². The Kier molecular flexibility index (Phi) is 9.89. The lowest BCUT2D eigenvalue weighted by Gasteiger charge is -2.35. The van der Waals surface area contributed by atoms with Gasteiger partial charge in [0, 0.05) is 32.3 Å². The molecule has 2 atom stereocenters. The number of rotatable bonds is 6. The van der Waals surface area contributed by atoms with E-state index in [0.29, 0.717) is 12.0 Å². The van der Waals surface area contributed by atoms with Crippen molar-refractivity contribution in [2.45, 2.75) is 65.0 Å². The molecule has 0 bridgehead atoms. The first-order valence-corrected chi connectivity index (χ1v) is 9.42. The molecule has 2 saturated heterocycles. The van der Waals surface area contributed by atoms with Crippen molar-refractivity contribution < 1.29 is 4.74 Å². The molecule has 0 aliphatic carbocycles. The highest BCUT2D eigenvalue weighted by molar-refractivity contribution is 14.0. The van der Waals surface area contributed by atoms with Gasteiger partial charge in [0.05, 0.1) is 12.1 Å². The summed E-state index contributed by atoms with van der Waals surface area (Å²) in [6.07, 6.45) is 4.89. The summed E-state index contributed by atoms with van der Waals surface area (Å²) in [4.78, 5) is 7.35. The summed E-state index contributed by atoms with van der Waals surface area (Å²) in [7, 11) is 0. The Morgan fingerprint density at radius 2 is 2.12 bits per heavy atom. The molecule has 6 heteroatoms. The lowest BCUT2D eigenvalue weighted by atomic mass is 9.97. The van der Waals surface area contributed by atoms with Crippen molar-refractivity contribution in [3.8, 4) is 0 Å². The normalized spacial score (nSPS) is 28.7. The summed E-state index contributed by atoms with van der Waals surface area (Å²) in [6.45, 7) is 14.9. The van der Waals surface area contributed by atoms with Gasteiger partial charge in [0.15, 0.2) is 5.96 Å². The Hall–Kier alpha value is -0.0800. The van der Waals surface area contributed by atoms with E-state index in [9.17, 15) is 0 Å². The van der Waals surface area contributed by atoms with Crippen LogP contribution in [0.3, 0.4) is 0 Å². The molecular weight excluding hydrogens is 415 g/mol. The third-order valence-corrected chi connectivity index (χ3v) is 5.06. The Morgan fingerprint density at radius 1 is 1.33 bits per heavy atom. The second-order valence-electron chi connectivity index (χ2n) is 7.57. The molecule has 2 fully saturated rings. The van der Waals surface area contributed by atoms with Gasteiger partial charge in [0.1, 0.15) is 0 Å². The van der Waals surface area contributed by atoms with Crippen LogP contribution in [0.15, 0.2) is 4.99 Å². The van der Waals surface area contributed by atoms with Crippen LogP contribution in [0.4, 0.5) is 0 Å². The number of hydrogen-bond acceptors (Lipinski definition) is 3. The predicted molar refractivity (Wildman–Crippen MR) is 112 cm³/mol. The molecule has 0 saturated carbocycles. The van der Waals surface area contributed by atoms with Crippen LogP contribution in [0.5, 0.6) is 0 Å². The van der Waals surface area contributed by atoms with Gasteiger partial charge >= 0.3 is 0 Å². The van der Waals surface area contributed by atoms with Gasteiger partial charge in [-0.05, 0) is 65.8 Å². The smallest absolute Gasteiger partial charge is 0.191 e. The lowest BCUT2D eigenvalue weighted by Crippen LogP contribution is -2.46. The average molecular weight is 452 g/mol. The number of likely N-dealkylation sites (tertiary alicyclic amines) is 1. The number of nitrogens with one attached hydrogen (secondary N) is 2. The van der Waals surface area contributed by atoms with Gasteiger partial charge in [-0.2, -0.15) is 0 Å². The maximum Gasteiger partial charge on any atom is 0.191 e. The first-order valence-electron chi connectivity index (χ1n) is 9.42. The van der Waals surface area contributed by atoms with Crippen molar-refractivity contribution in [2.24, 2.45) is 10.9 Å². The fraction of sp³-hybridized carbons (Fsp3) is 0.944. The Labute approximate surface area is 165 Å². The molecule has 0 aromatic heterocycles. The summed E-state index contributed by atoms with van der Waals surface area (Å²) >= 11 is 0. The van der Waals surface area contributed by atoms with E-state index in [1.54, 1.807) is 0 Å². The molecule has 2 N–H and O–H groups in total. The second kappa shape index (κ2) is 10.8. The highest BCUT2D eigenvalue weighted by atomic mass is 127. The Morgan fingerprint density at radius 3 is 2.75 bits per heavy atom. The molecule has 2 unspecified atom stereocenters. The number of halogens is 1. The van der Waals surface area contributed by atoms with Crippen LogP contribution in [0.1, 0.15) is 53.4 Å². The van der Waals surface area contributed by atoms with E-state index in [2.05, 4.69) is 43.2 Å². The van der Waals surface area contributed by atoms with Gasteiger partial charge in [-0.15, -0.1) is 24.0 Å². The fourth-order valence-corrected chi connectivity index (χ4v) is 3.52. The fourth-order valence-electron chi connectivity index (χ4n) is 3.52. The minimum Gasteiger partial charge on any atom is -0.373 e. The van der Waals surface area contributed by atoms with Crippen molar-refractivity contribution in [3.63, 3.8) is 0 Å². The van der Waals surface area contributed by atoms with Crippen molar-refractivity contribution >= 4 is 29.9 Å². The van der Waals surface area contributed by atoms with Crippen LogP contribution >= 0.6 is 24.0 Å². The van der Waals surface area contributed by atoms with Crippen LogP contribution < -0.4 is 10.6 Å². The molecule has 0 radical (unpaired) electrons. The standard InChI is InChI=1S/C18H36N4O.HI/c1-5-19-17(21-14-18(4)9-7-11-23-18)20-12-16-8-6-10-22(13-16)15(2)3;/h15-16H,5-14H2,1-4H3,(H2,19,20,21);1H. The van der Waals surface area contributed by atoms with Crippen molar-refractivity contribution in [2.75, 3.05) is 39.3 Å². The molecule has 0 amide bonds. The number of aliphatic imine (C=N–C) groups is 1. The number of piperidine rings is 1. The molecular formula is C18H37IN4O. The number of ether oxygens (including phenoxy) is 1. The third-order valence-electron chi connectivity index (χ3n) is 5.06. The van der Waals surface area contributed by atoms with Crippen LogP contribution in [0, 0.1) is 5.92 Å². The highest BCUT2D eigenvalue weighted by Crippen LogP contribution is 2.25. The van der Waals surface area contributed by atoms with Gasteiger partial charge in [-0.3, -0.25) is 4.99 Å². The lowest BCUT2D eigenvalue weighted by molar-refractivity contribution is 0.0283. The molecule has 2 aliphatic rings. The predicted octanol–water partition coefficient (Wildman–Crippen LogP) is 2.85. The summed E-state index contributed by atoms with van der Waals surface area (Å²) in [5.74, 6) is 1.65. The number of nitrogens with zero attached hydrogens (tertiary/aromatic N) is 2. The Balaban J connectivity index is 0.00000288. The molecule has 0 aromatic carbocycles. The maximum absolute atomic E-state index is 5.83. The van der Waals surface area contributed by atoms with Crippen LogP contribution in [0.25, 0.3) is 0 Å². The summed E-state index contributed by atoms with van der Waals surface area (Å²) in [6, 6.07) is 0.652. The van der Waals surface area contributed by atoms with Gasteiger partial charge in [-0.1, -0.05) is 0 Å². The van der Waals surface area contributed by atoms with E-state index in [0.717, 1.165) is 45.0 Å². The number of guanidine groups is 1. The van der Waals surface area contributed by atoms with E-state index >= 15 is 0 Å². The first kappa shape index (κ1) is 22.0. The SMILES string of the molecule is CCNC(=NCC1(C)CCCO1)NCC1CCCN(C(C)C)C1.I. The van der Waals surface area contributed by atoms with Gasteiger partial charge in [0.2, 0.25) is 0 Å². The van der Waals surface area contributed by atoms with E-state index in [1.165, 1.54) is 25.9 Å². The summed E-state index contributed by atoms with van der Waals surface area (Å²) < 4.78 is 5.83. The van der Waals surface area contributed by atoms with Gasteiger partial charge in [-0.25, -0.2) is 0 Å². The van der Waals surface area contributed by atoms with Crippen LogP contribution in [-0.2, 0) is 4.74 Å². The first-order chi connectivity index (χ1) is 11.0. The molecule has 5 nitrogen and oxygen atoms in total. The van der Waals surface area contributed by atoms with Gasteiger partial charge in [0.25, 0.3) is 0 Å². The van der Waals surface area contributed by atoms with Gasteiger partial charge < -0.3 is 20.3 Å². The van der Waals surface area contributed by atoms with Crippen molar-refractivity contribution in [1.29, 1.82) is 0 Å². The highest BCUT2D eigenvalue weighted by Gasteiger charge is 2.29. The zero-order chi connectivity index (χ0) is 16.7. The summed E-state index contributed by atoms with van der Waals surface area (Å²) in [5.41, 5.74) is -0.0678. The molecule has 142 valence electrons. The average Bonchev–Trinajstić information content (AvgIpc) is 2.97. The van der Waals surface area contributed by atoms with E-state index in [1.807, 2.05) is 0 Å². The monoisotopic (exact) mass is 452 g/mol. The third kappa shape index (κ3) is 7.04. The largest absolute Gasteiger partial charge is 0.373 e. The molecule has 2 heterocycles. The molecule has 0 aromatic rings. The maximum atomic E-state index is 5.83. The van der Waals surface area contributed by atoms with Crippen LogP contribution in [-0.4, -0.2) is 61.8 Å².